The second kappa shape index (κ2) is 5.90. The van der Waals surface area contributed by atoms with E-state index >= 15 is 0 Å². The molecule has 0 unspecified atom stereocenters. The first-order valence-electron chi connectivity index (χ1n) is 7.25. The van der Waals surface area contributed by atoms with Crippen LogP contribution in [0.2, 0.25) is 0 Å². The monoisotopic (exact) mass is 339 g/mol. The summed E-state index contributed by atoms with van der Waals surface area (Å²) in [6.07, 6.45) is 5.52. The Morgan fingerprint density at radius 3 is 2.48 bits per heavy atom. The van der Waals surface area contributed by atoms with Crippen LogP contribution in [0.15, 0.2) is 59.1 Å². The van der Waals surface area contributed by atoms with E-state index in [0.29, 0.717) is 0 Å². The minimum Gasteiger partial charge on any atom is -0.313 e. The average molecular weight is 340 g/mol. The lowest BCUT2D eigenvalue weighted by Crippen LogP contribution is -1.96. The van der Waals surface area contributed by atoms with Gasteiger partial charge in [0.15, 0.2) is 0 Å². The Hall–Kier alpha value is -1.80. The molecule has 0 saturated heterocycles. The lowest BCUT2D eigenvalue weighted by Gasteiger charge is -2.08. The molecule has 0 fully saturated rings. The van der Waals surface area contributed by atoms with Crippen molar-refractivity contribution in [2.75, 3.05) is 0 Å². The zero-order valence-corrected chi connectivity index (χ0v) is 13.9. The van der Waals surface area contributed by atoms with Crippen LogP contribution in [0.25, 0.3) is 22.7 Å². The van der Waals surface area contributed by atoms with Gasteiger partial charge in [-0.2, -0.15) is 0 Å². The number of allylic oxidation sites excluding steroid dienone is 1. The molecule has 1 heterocycles. The summed E-state index contributed by atoms with van der Waals surface area (Å²) in [7, 11) is 0. The molecule has 0 aliphatic rings. The van der Waals surface area contributed by atoms with Gasteiger partial charge in [-0.3, -0.25) is 0 Å². The lowest BCUT2D eigenvalue weighted by molar-refractivity contribution is 1.05. The molecule has 0 spiro atoms. The first kappa shape index (κ1) is 14.2. The maximum Gasteiger partial charge on any atom is 0.0537 e. The molecule has 21 heavy (non-hydrogen) atoms. The Labute approximate surface area is 134 Å². The molecule has 0 aliphatic heterocycles. The summed E-state index contributed by atoms with van der Waals surface area (Å²) in [4.78, 5) is 0. The van der Waals surface area contributed by atoms with Crippen molar-refractivity contribution in [1.29, 1.82) is 0 Å². The van der Waals surface area contributed by atoms with E-state index in [9.17, 15) is 0 Å². The Balaban J connectivity index is 2.29. The third-order valence-corrected chi connectivity index (χ3v) is 4.29. The molecule has 1 aromatic heterocycles. The van der Waals surface area contributed by atoms with E-state index in [0.717, 1.165) is 10.9 Å². The molecule has 1 nitrogen and oxygen atoms in total. The smallest absolute Gasteiger partial charge is 0.0537 e. The first-order chi connectivity index (χ1) is 10.2. The Bertz CT molecular complexity index is 794. The fourth-order valence-corrected chi connectivity index (χ4v) is 3.03. The topological polar surface area (TPSA) is 4.93 Å². The Morgan fingerprint density at radius 1 is 1.05 bits per heavy atom. The molecular formula is C19H18BrN. The Morgan fingerprint density at radius 2 is 1.76 bits per heavy atom. The number of benzene rings is 2. The summed E-state index contributed by atoms with van der Waals surface area (Å²) in [6.45, 7) is 4.36. The van der Waals surface area contributed by atoms with Gasteiger partial charge in [0.05, 0.1) is 5.52 Å². The zero-order valence-electron chi connectivity index (χ0n) is 12.3. The summed E-state index contributed by atoms with van der Waals surface area (Å²) in [6, 6.07) is 17.1. The van der Waals surface area contributed by atoms with Crippen LogP contribution in [-0.4, -0.2) is 4.57 Å². The van der Waals surface area contributed by atoms with Gasteiger partial charge < -0.3 is 4.57 Å². The highest BCUT2D eigenvalue weighted by Crippen LogP contribution is 2.30. The second-order valence-corrected chi connectivity index (χ2v) is 6.05. The fraction of sp³-hybridized carbons (Fsp3) is 0.158. The molecule has 0 saturated carbocycles. The number of nitrogens with zero attached hydrogens (tertiary/aromatic N) is 1. The maximum atomic E-state index is 3.51. The quantitative estimate of drug-likeness (QED) is 0.541. The number of para-hydroxylation sites is 1. The van der Waals surface area contributed by atoms with Crippen LogP contribution in [-0.2, 0) is 0 Å². The highest BCUT2D eigenvalue weighted by molar-refractivity contribution is 9.10. The molecule has 0 radical (unpaired) electrons. The molecule has 0 aliphatic carbocycles. The molecule has 3 rings (SSSR count). The van der Waals surface area contributed by atoms with Gasteiger partial charge in [0.1, 0.15) is 0 Å². The van der Waals surface area contributed by atoms with Crippen LogP contribution >= 0.6 is 15.9 Å². The van der Waals surface area contributed by atoms with Crippen LogP contribution in [0, 0.1) is 6.92 Å². The van der Waals surface area contributed by atoms with Crippen molar-refractivity contribution in [3.8, 4) is 5.69 Å². The van der Waals surface area contributed by atoms with E-state index in [-0.39, 0.29) is 0 Å². The first-order valence-corrected chi connectivity index (χ1v) is 8.04. The number of fused-ring (bicyclic) bond motifs is 1. The van der Waals surface area contributed by atoms with Crippen LogP contribution in [0.4, 0.5) is 0 Å². The van der Waals surface area contributed by atoms with E-state index in [1.165, 1.54) is 27.8 Å². The second-order valence-electron chi connectivity index (χ2n) is 5.14. The summed E-state index contributed by atoms with van der Waals surface area (Å²) in [5.41, 5.74) is 5.05. The molecular weight excluding hydrogens is 322 g/mol. The van der Waals surface area contributed by atoms with Gasteiger partial charge in [0, 0.05) is 26.8 Å². The molecule has 3 aromatic rings. The number of aromatic nitrogens is 1. The molecule has 2 heteroatoms. The largest absolute Gasteiger partial charge is 0.313 e. The van der Waals surface area contributed by atoms with Crippen LogP contribution < -0.4 is 0 Å². The normalized spacial score (nSPS) is 11.6. The molecule has 0 N–H and O–H groups in total. The van der Waals surface area contributed by atoms with Crippen molar-refractivity contribution in [2.45, 2.75) is 20.3 Å². The van der Waals surface area contributed by atoms with E-state index in [2.05, 4.69) is 95.0 Å². The van der Waals surface area contributed by atoms with Gasteiger partial charge in [0.25, 0.3) is 0 Å². The van der Waals surface area contributed by atoms with Crippen LogP contribution in [0.3, 0.4) is 0 Å². The van der Waals surface area contributed by atoms with Gasteiger partial charge in [-0.25, -0.2) is 0 Å². The highest BCUT2D eigenvalue weighted by atomic mass is 79.9. The Kier molecular flexibility index (Phi) is 3.98. The van der Waals surface area contributed by atoms with E-state index < -0.39 is 0 Å². The van der Waals surface area contributed by atoms with Crippen molar-refractivity contribution in [2.24, 2.45) is 0 Å². The average Bonchev–Trinajstić information content (AvgIpc) is 2.78. The number of halogens is 1. The van der Waals surface area contributed by atoms with E-state index in [1.807, 2.05) is 0 Å². The number of hydrogen-bond donors (Lipinski definition) is 0. The summed E-state index contributed by atoms with van der Waals surface area (Å²) >= 11 is 3.51. The molecule has 0 amide bonds. The van der Waals surface area contributed by atoms with Gasteiger partial charge in [-0.1, -0.05) is 53.2 Å². The van der Waals surface area contributed by atoms with Crippen molar-refractivity contribution in [1.82, 2.24) is 4.57 Å². The third-order valence-electron chi connectivity index (χ3n) is 3.77. The summed E-state index contributed by atoms with van der Waals surface area (Å²) in [5, 5.41) is 1.31. The predicted octanol–water partition coefficient (Wildman–Crippen LogP) is 6.12. The van der Waals surface area contributed by atoms with Crippen molar-refractivity contribution in [3.63, 3.8) is 0 Å². The third kappa shape index (κ3) is 2.56. The molecule has 0 bridgehead atoms. The van der Waals surface area contributed by atoms with Gasteiger partial charge in [0.2, 0.25) is 0 Å². The highest BCUT2D eigenvalue weighted by Gasteiger charge is 2.12. The van der Waals surface area contributed by atoms with E-state index in [1.54, 1.807) is 0 Å². The molecule has 106 valence electrons. The molecule has 2 aromatic carbocycles. The van der Waals surface area contributed by atoms with Gasteiger partial charge >= 0.3 is 0 Å². The van der Waals surface area contributed by atoms with Crippen molar-refractivity contribution >= 4 is 32.9 Å². The minimum absolute atomic E-state index is 1.05. The summed E-state index contributed by atoms with van der Waals surface area (Å²) < 4.78 is 3.43. The fourth-order valence-electron chi connectivity index (χ4n) is 2.76. The summed E-state index contributed by atoms with van der Waals surface area (Å²) in [5.74, 6) is 0. The molecule has 0 atom stereocenters. The van der Waals surface area contributed by atoms with Crippen LogP contribution in [0.5, 0.6) is 0 Å². The standard InChI is InChI=1S/C19H18BrN/c1-3-4-7-17-14(2)21(16-12-10-15(20)11-13-16)19-9-6-5-8-18(17)19/h4-13H,3H2,1-2H3/b7-4-. The minimum atomic E-state index is 1.05. The number of hydrogen-bond acceptors (Lipinski definition) is 0. The maximum absolute atomic E-state index is 3.51. The van der Waals surface area contributed by atoms with Gasteiger partial charge in [-0.05, 0) is 43.7 Å². The van der Waals surface area contributed by atoms with E-state index in [4.69, 9.17) is 0 Å². The van der Waals surface area contributed by atoms with Gasteiger partial charge in [-0.15, -0.1) is 0 Å². The SMILES string of the molecule is CC/C=C\c1c(C)n(-c2ccc(Br)cc2)c2ccccc12. The lowest BCUT2D eigenvalue weighted by atomic mass is 10.1. The predicted molar refractivity (Wildman–Crippen MR) is 95.0 cm³/mol. The van der Waals surface area contributed by atoms with Crippen molar-refractivity contribution < 1.29 is 0 Å². The number of rotatable bonds is 3. The van der Waals surface area contributed by atoms with Crippen LogP contribution in [0.1, 0.15) is 24.6 Å². The zero-order chi connectivity index (χ0) is 14.8. The van der Waals surface area contributed by atoms with Crippen molar-refractivity contribution in [3.05, 3.63) is 70.3 Å².